The Labute approximate surface area is 134 Å². The summed E-state index contributed by atoms with van der Waals surface area (Å²) in [5.74, 6) is -0.489. The van der Waals surface area contributed by atoms with Crippen LogP contribution in [0.15, 0.2) is 48.2 Å². The van der Waals surface area contributed by atoms with Crippen molar-refractivity contribution in [2.45, 2.75) is 13.0 Å². The molecule has 5 nitrogen and oxygen atoms in total. The Morgan fingerprint density at radius 1 is 1.55 bits per heavy atom. The van der Waals surface area contributed by atoms with Gasteiger partial charge in [-0.3, -0.25) is 4.90 Å². The van der Waals surface area contributed by atoms with Crippen molar-refractivity contribution in [2.75, 3.05) is 13.7 Å². The Bertz CT molecular complexity index is 655. The largest absolute Gasteiger partial charge is 0.466 e. The van der Waals surface area contributed by atoms with E-state index in [0.717, 1.165) is 5.56 Å². The summed E-state index contributed by atoms with van der Waals surface area (Å²) in [4.78, 5) is 25.9. The zero-order valence-electron chi connectivity index (χ0n) is 12.4. The van der Waals surface area contributed by atoms with Crippen molar-refractivity contribution in [3.8, 4) is 0 Å². The first-order valence-electron chi connectivity index (χ1n) is 6.73. The number of urea groups is 1. The van der Waals surface area contributed by atoms with Gasteiger partial charge in [-0.05, 0) is 24.6 Å². The first-order valence-corrected chi connectivity index (χ1v) is 7.10. The lowest BCUT2D eigenvalue weighted by molar-refractivity contribution is -0.136. The molecule has 0 bridgehead atoms. The maximum absolute atomic E-state index is 12.3. The third-order valence-electron chi connectivity index (χ3n) is 3.50. The van der Waals surface area contributed by atoms with Crippen molar-refractivity contribution >= 4 is 23.6 Å². The van der Waals surface area contributed by atoms with Crippen LogP contribution in [0.3, 0.4) is 0 Å². The molecule has 0 spiro atoms. The topological polar surface area (TPSA) is 58.6 Å². The van der Waals surface area contributed by atoms with Crippen molar-refractivity contribution < 1.29 is 14.3 Å². The van der Waals surface area contributed by atoms with E-state index in [1.807, 2.05) is 0 Å². The minimum absolute atomic E-state index is 0.296. The minimum atomic E-state index is -0.597. The summed E-state index contributed by atoms with van der Waals surface area (Å²) in [6.45, 7) is 5.64. The number of hydrogen-bond donors (Lipinski definition) is 1. The van der Waals surface area contributed by atoms with Crippen LogP contribution in [0.1, 0.15) is 18.5 Å². The Hall–Kier alpha value is -2.27. The number of nitrogens with one attached hydrogen (secondary N) is 1. The zero-order valence-corrected chi connectivity index (χ0v) is 13.2. The number of allylic oxidation sites excluding steroid dienone is 1. The first kappa shape index (κ1) is 16.1. The van der Waals surface area contributed by atoms with Gasteiger partial charge >= 0.3 is 12.0 Å². The highest BCUT2D eigenvalue weighted by molar-refractivity contribution is 6.30. The fourth-order valence-electron chi connectivity index (χ4n) is 2.44. The molecule has 0 aromatic heterocycles. The van der Waals surface area contributed by atoms with E-state index in [4.69, 9.17) is 16.3 Å². The number of rotatable bonds is 4. The summed E-state index contributed by atoms with van der Waals surface area (Å²) in [5, 5.41) is 3.34. The Balaban J connectivity index is 2.55. The second kappa shape index (κ2) is 6.66. The molecule has 1 atom stereocenters. The van der Waals surface area contributed by atoms with E-state index < -0.39 is 12.0 Å². The van der Waals surface area contributed by atoms with Gasteiger partial charge < -0.3 is 10.1 Å². The molecule has 0 saturated heterocycles. The molecule has 22 heavy (non-hydrogen) atoms. The summed E-state index contributed by atoms with van der Waals surface area (Å²) in [6.07, 6.45) is 1.59. The first-order chi connectivity index (χ1) is 10.5. The molecule has 1 aliphatic heterocycles. The number of hydrogen-bond acceptors (Lipinski definition) is 3. The highest BCUT2D eigenvalue weighted by atomic mass is 35.5. The number of benzene rings is 1. The van der Waals surface area contributed by atoms with Crippen LogP contribution in [0.25, 0.3) is 0 Å². The van der Waals surface area contributed by atoms with Crippen LogP contribution in [-0.4, -0.2) is 30.6 Å². The number of nitrogens with zero attached hydrogens (tertiary/aromatic N) is 1. The van der Waals surface area contributed by atoms with Crippen LogP contribution in [0.5, 0.6) is 0 Å². The number of esters is 1. The van der Waals surface area contributed by atoms with E-state index in [-0.39, 0.29) is 6.03 Å². The van der Waals surface area contributed by atoms with Gasteiger partial charge in [0.1, 0.15) is 0 Å². The third-order valence-corrected chi connectivity index (χ3v) is 3.73. The molecule has 0 fully saturated rings. The molecule has 0 radical (unpaired) electrons. The highest BCUT2D eigenvalue weighted by Crippen LogP contribution is 2.32. The quantitative estimate of drug-likeness (QED) is 0.685. The fraction of sp³-hybridized carbons (Fsp3) is 0.250. The smallest absolute Gasteiger partial charge is 0.337 e. The number of carbonyl (C=O) groups excluding carboxylic acids is 2. The maximum atomic E-state index is 12.3. The molecule has 2 amide bonds. The number of halogens is 1. The molecule has 1 unspecified atom stereocenters. The fourth-order valence-corrected chi connectivity index (χ4v) is 2.64. The Kier molecular flexibility index (Phi) is 4.88. The standard InChI is InChI=1S/C16H17ClN2O3/c1-4-8-19-10(2)13(15(20)22-3)14(18-16(19)21)11-6-5-7-12(17)9-11/h4-7,9,14H,1,8H2,2-3H3,(H,18,21). The summed E-state index contributed by atoms with van der Waals surface area (Å²) in [7, 11) is 1.31. The van der Waals surface area contributed by atoms with Gasteiger partial charge in [0, 0.05) is 17.3 Å². The highest BCUT2D eigenvalue weighted by Gasteiger charge is 2.35. The molecule has 1 aliphatic rings. The molecule has 1 N–H and O–H groups in total. The zero-order chi connectivity index (χ0) is 16.3. The van der Waals surface area contributed by atoms with E-state index in [2.05, 4.69) is 11.9 Å². The van der Waals surface area contributed by atoms with Gasteiger partial charge in [0.2, 0.25) is 0 Å². The summed E-state index contributed by atoms with van der Waals surface area (Å²) >= 11 is 6.01. The van der Waals surface area contributed by atoms with E-state index in [1.54, 1.807) is 37.3 Å². The van der Waals surface area contributed by atoms with Gasteiger partial charge in [0.05, 0.1) is 18.7 Å². The van der Waals surface area contributed by atoms with Crippen LogP contribution in [0.2, 0.25) is 5.02 Å². The molecule has 1 aromatic carbocycles. The summed E-state index contributed by atoms with van der Waals surface area (Å²) in [5.41, 5.74) is 1.64. The molecule has 0 aliphatic carbocycles. The molecular weight excluding hydrogens is 304 g/mol. The lowest BCUT2D eigenvalue weighted by Crippen LogP contribution is -2.47. The normalized spacial score (nSPS) is 18.0. The van der Waals surface area contributed by atoms with Crippen LogP contribution in [0, 0.1) is 0 Å². The molecular formula is C16H17ClN2O3. The minimum Gasteiger partial charge on any atom is -0.466 e. The van der Waals surface area contributed by atoms with Crippen molar-refractivity contribution in [1.29, 1.82) is 0 Å². The van der Waals surface area contributed by atoms with Crippen molar-refractivity contribution in [3.05, 3.63) is 58.8 Å². The predicted molar refractivity (Wildman–Crippen MR) is 84.3 cm³/mol. The lowest BCUT2D eigenvalue weighted by atomic mass is 9.95. The third kappa shape index (κ3) is 2.99. The van der Waals surface area contributed by atoms with E-state index >= 15 is 0 Å². The van der Waals surface area contributed by atoms with E-state index in [0.29, 0.717) is 22.8 Å². The van der Waals surface area contributed by atoms with E-state index in [1.165, 1.54) is 12.0 Å². The SMILES string of the molecule is C=CCN1C(=O)NC(c2cccc(Cl)c2)C(C(=O)OC)=C1C. The maximum Gasteiger partial charge on any atom is 0.337 e. The summed E-state index contributed by atoms with van der Waals surface area (Å²) < 4.78 is 4.87. The molecule has 6 heteroatoms. The number of ether oxygens (including phenoxy) is 1. The average Bonchev–Trinajstić information content (AvgIpc) is 2.50. The van der Waals surface area contributed by atoms with Gasteiger partial charge in [0.25, 0.3) is 0 Å². The van der Waals surface area contributed by atoms with Gasteiger partial charge in [-0.2, -0.15) is 0 Å². The molecule has 116 valence electrons. The van der Waals surface area contributed by atoms with Gasteiger partial charge in [-0.15, -0.1) is 6.58 Å². The molecule has 0 saturated carbocycles. The van der Waals surface area contributed by atoms with Crippen LogP contribution < -0.4 is 5.32 Å². The second-order valence-corrected chi connectivity index (χ2v) is 5.26. The number of methoxy groups -OCH3 is 1. The van der Waals surface area contributed by atoms with Gasteiger partial charge in [0.15, 0.2) is 0 Å². The van der Waals surface area contributed by atoms with Crippen molar-refractivity contribution in [3.63, 3.8) is 0 Å². The van der Waals surface area contributed by atoms with Crippen molar-refractivity contribution in [2.24, 2.45) is 0 Å². The summed E-state index contributed by atoms with van der Waals surface area (Å²) in [6, 6.07) is 6.12. The van der Waals surface area contributed by atoms with Crippen molar-refractivity contribution in [1.82, 2.24) is 10.2 Å². The van der Waals surface area contributed by atoms with Crippen LogP contribution >= 0.6 is 11.6 Å². The predicted octanol–water partition coefficient (Wildman–Crippen LogP) is 3.04. The lowest BCUT2D eigenvalue weighted by Gasteiger charge is -2.34. The number of carbonyl (C=O) groups is 2. The Morgan fingerprint density at radius 3 is 2.86 bits per heavy atom. The molecule has 1 aromatic rings. The second-order valence-electron chi connectivity index (χ2n) is 4.83. The van der Waals surface area contributed by atoms with Gasteiger partial charge in [-0.1, -0.05) is 29.8 Å². The molecule has 1 heterocycles. The van der Waals surface area contributed by atoms with Gasteiger partial charge in [-0.25, -0.2) is 9.59 Å². The monoisotopic (exact) mass is 320 g/mol. The average molecular weight is 321 g/mol. The van der Waals surface area contributed by atoms with Crippen LogP contribution in [-0.2, 0) is 9.53 Å². The molecule has 2 rings (SSSR count). The Morgan fingerprint density at radius 2 is 2.27 bits per heavy atom. The number of amides is 2. The van der Waals surface area contributed by atoms with E-state index in [9.17, 15) is 9.59 Å². The van der Waals surface area contributed by atoms with Crippen LogP contribution in [0.4, 0.5) is 4.79 Å².